The third-order valence-corrected chi connectivity index (χ3v) is 3.70. The van der Waals surface area contributed by atoms with Crippen molar-refractivity contribution >= 4 is 11.8 Å². The van der Waals surface area contributed by atoms with Crippen LogP contribution in [0.4, 0.5) is 5.82 Å². The van der Waals surface area contributed by atoms with Crippen LogP contribution >= 0.6 is 0 Å². The van der Waals surface area contributed by atoms with Crippen LogP contribution in [-0.2, 0) is 0 Å². The normalized spacial score (nSPS) is 18.5. The zero-order chi connectivity index (χ0) is 14.7. The number of aromatic nitrogens is 1. The van der Waals surface area contributed by atoms with E-state index in [1.807, 2.05) is 18.2 Å². The van der Waals surface area contributed by atoms with Crippen LogP contribution in [0.25, 0.3) is 0 Å². The lowest BCUT2D eigenvalue weighted by molar-refractivity contribution is 0.0696. The molecule has 1 aromatic heterocycles. The van der Waals surface area contributed by atoms with Crippen molar-refractivity contribution in [2.45, 2.75) is 6.04 Å². The fourth-order valence-corrected chi connectivity index (χ4v) is 2.57. The molecule has 0 spiro atoms. The molecule has 5 heteroatoms. The van der Waals surface area contributed by atoms with Crippen molar-refractivity contribution in [3.05, 3.63) is 59.8 Å². The summed E-state index contributed by atoms with van der Waals surface area (Å²) in [6, 6.07) is 14.0. The molecule has 1 fully saturated rings. The Bertz CT molecular complexity index is 613. The Kier molecular flexibility index (Phi) is 3.83. The first-order valence-electron chi connectivity index (χ1n) is 6.96. The van der Waals surface area contributed by atoms with Crippen LogP contribution in [0.15, 0.2) is 48.7 Å². The molecule has 1 aliphatic rings. The molecular formula is C16H17N3O2. The number of anilines is 1. The highest BCUT2D eigenvalue weighted by atomic mass is 16.4. The number of aromatic carboxylic acids is 1. The summed E-state index contributed by atoms with van der Waals surface area (Å²) in [6.45, 7) is 2.56. The number of carbonyl (C=O) groups is 1. The number of piperazine rings is 1. The average molecular weight is 283 g/mol. The van der Waals surface area contributed by atoms with E-state index in [0.29, 0.717) is 0 Å². The summed E-state index contributed by atoms with van der Waals surface area (Å²) >= 11 is 0. The standard InChI is InChI=1S/C16H17N3O2/c20-16(21)13-6-7-15(18-10-13)19-9-8-17-14(11-19)12-4-2-1-3-5-12/h1-7,10,14,17H,8-9,11H2,(H,20,21). The van der Waals surface area contributed by atoms with Gasteiger partial charge >= 0.3 is 5.97 Å². The first-order chi connectivity index (χ1) is 10.2. The molecule has 108 valence electrons. The monoisotopic (exact) mass is 283 g/mol. The van der Waals surface area contributed by atoms with Crippen LogP contribution in [0.1, 0.15) is 22.0 Å². The Morgan fingerprint density at radius 1 is 1.24 bits per heavy atom. The molecule has 2 aromatic rings. The number of carboxylic acid groups (broad SMARTS) is 1. The predicted molar refractivity (Wildman–Crippen MR) is 80.6 cm³/mol. The molecule has 1 unspecified atom stereocenters. The van der Waals surface area contributed by atoms with Gasteiger partial charge in [-0.3, -0.25) is 0 Å². The number of rotatable bonds is 3. The molecule has 0 aliphatic carbocycles. The highest BCUT2D eigenvalue weighted by molar-refractivity contribution is 5.87. The predicted octanol–water partition coefficient (Wildman–Crippen LogP) is 1.93. The minimum atomic E-state index is -0.948. The minimum absolute atomic E-state index is 0.216. The summed E-state index contributed by atoms with van der Waals surface area (Å²) in [5.74, 6) is -0.126. The van der Waals surface area contributed by atoms with Gasteiger partial charge in [-0.2, -0.15) is 0 Å². The van der Waals surface area contributed by atoms with E-state index < -0.39 is 5.97 Å². The van der Waals surface area contributed by atoms with Gasteiger partial charge in [0, 0.05) is 31.9 Å². The van der Waals surface area contributed by atoms with Gasteiger partial charge in [-0.05, 0) is 17.7 Å². The third kappa shape index (κ3) is 3.03. The lowest BCUT2D eigenvalue weighted by atomic mass is 10.0. The topological polar surface area (TPSA) is 65.5 Å². The maximum Gasteiger partial charge on any atom is 0.337 e. The number of pyridine rings is 1. The second-order valence-electron chi connectivity index (χ2n) is 5.07. The zero-order valence-electron chi connectivity index (χ0n) is 11.6. The molecule has 5 nitrogen and oxygen atoms in total. The van der Waals surface area contributed by atoms with Crippen LogP contribution in [0.3, 0.4) is 0 Å². The number of hydrogen-bond donors (Lipinski definition) is 2. The summed E-state index contributed by atoms with van der Waals surface area (Å²) in [6.07, 6.45) is 1.41. The zero-order valence-corrected chi connectivity index (χ0v) is 11.6. The number of nitrogens with one attached hydrogen (secondary N) is 1. The lowest BCUT2D eigenvalue weighted by Crippen LogP contribution is -2.46. The molecule has 0 saturated carbocycles. The summed E-state index contributed by atoms with van der Waals surface area (Å²) < 4.78 is 0. The number of carboxylic acids is 1. The van der Waals surface area contributed by atoms with Gasteiger partial charge in [-0.25, -0.2) is 9.78 Å². The molecule has 1 aliphatic heterocycles. The number of benzene rings is 1. The fourth-order valence-electron chi connectivity index (χ4n) is 2.57. The van der Waals surface area contributed by atoms with Gasteiger partial charge in [0.25, 0.3) is 0 Å². The van der Waals surface area contributed by atoms with Crippen molar-refractivity contribution in [1.29, 1.82) is 0 Å². The van der Waals surface area contributed by atoms with E-state index in [1.165, 1.54) is 11.8 Å². The molecule has 1 saturated heterocycles. The van der Waals surface area contributed by atoms with E-state index in [9.17, 15) is 4.79 Å². The molecule has 1 atom stereocenters. The lowest BCUT2D eigenvalue weighted by Gasteiger charge is -2.34. The SMILES string of the molecule is O=C(O)c1ccc(N2CCNC(c3ccccc3)C2)nc1. The summed E-state index contributed by atoms with van der Waals surface area (Å²) in [4.78, 5) is 17.3. The van der Waals surface area contributed by atoms with Crippen LogP contribution in [0.2, 0.25) is 0 Å². The van der Waals surface area contributed by atoms with Gasteiger partial charge in [-0.15, -0.1) is 0 Å². The van der Waals surface area contributed by atoms with Crippen molar-refractivity contribution in [3.8, 4) is 0 Å². The van der Waals surface area contributed by atoms with E-state index in [4.69, 9.17) is 5.11 Å². The van der Waals surface area contributed by atoms with Crippen LogP contribution in [0, 0.1) is 0 Å². The largest absolute Gasteiger partial charge is 0.478 e. The van der Waals surface area contributed by atoms with Gasteiger partial charge in [0.1, 0.15) is 5.82 Å². The third-order valence-electron chi connectivity index (χ3n) is 3.70. The highest BCUT2D eigenvalue weighted by Gasteiger charge is 2.21. The summed E-state index contributed by atoms with van der Waals surface area (Å²) in [7, 11) is 0. The van der Waals surface area contributed by atoms with E-state index in [-0.39, 0.29) is 11.6 Å². The Labute approximate surface area is 123 Å². The van der Waals surface area contributed by atoms with Crippen LogP contribution in [-0.4, -0.2) is 35.7 Å². The van der Waals surface area contributed by atoms with Gasteiger partial charge in [-0.1, -0.05) is 30.3 Å². The van der Waals surface area contributed by atoms with Crippen LogP contribution in [0.5, 0.6) is 0 Å². The molecule has 21 heavy (non-hydrogen) atoms. The average Bonchev–Trinajstić information content (AvgIpc) is 2.56. The molecule has 0 amide bonds. The molecule has 2 heterocycles. The van der Waals surface area contributed by atoms with E-state index >= 15 is 0 Å². The molecule has 3 rings (SSSR count). The first kappa shape index (κ1) is 13.6. The Hall–Kier alpha value is -2.40. The van der Waals surface area contributed by atoms with Crippen molar-refractivity contribution in [2.75, 3.05) is 24.5 Å². The quantitative estimate of drug-likeness (QED) is 0.901. The smallest absolute Gasteiger partial charge is 0.337 e. The Morgan fingerprint density at radius 2 is 2.05 bits per heavy atom. The van der Waals surface area contributed by atoms with Gasteiger partial charge in [0.15, 0.2) is 0 Å². The second kappa shape index (κ2) is 5.93. The molecule has 0 bridgehead atoms. The second-order valence-corrected chi connectivity index (χ2v) is 5.07. The van der Waals surface area contributed by atoms with Gasteiger partial charge in [0.2, 0.25) is 0 Å². The molecular weight excluding hydrogens is 266 g/mol. The maximum absolute atomic E-state index is 10.9. The van der Waals surface area contributed by atoms with E-state index in [1.54, 1.807) is 12.1 Å². The van der Waals surface area contributed by atoms with Crippen LogP contribution < -0.4 is 10.2 Å². The van der Waals surface area contributed by atoms with Gasteiger partial charge in [0.05, 0.1) is 5.56 Å². The number of nitrogens with zero attached hydrogens (tertiary/aromatic N) is 2. The molecule has 0 radical (unpaired) electrons. The van der Waals surface area contributed by atoms with Crippen molar-refractivity contribution in [2.24, 2.45) is 0 Å². The maximum atomic E-state index is 10.9. The van der Waals surface area contributed by atoms with E-state index in [2.05, 4.69) is 27.3 Å². The first-order valence-corrected chi connectivity index (χ1v) is 6.96. The fraction of sp³-hybridized carbons (Fsp3) is 0.250. The Morgan fingerprint density at radius 3 is 2.71 bits per heavy atom. The van der Waals surface area contributed by atoms with Crippen molar-refractivity contribution in [1.82, 2.24) is 10.3 Å². The van der Waals surface area contributed by atoms with E-state index in [0.717, 1.165) is 25.5 Å². The van der Waals surface area contributed by atoms with Crippen molar-refractivity contribution < 1.29 is 9.90 Å². The minimum Gasteiger partial charge on any atom is -0.478 e. The van der Waals surface area contributed by atoms with Gasteiger partial charge < -0.3 is 15.3 Å². The number of hydrogen-bond acceptors (Lipinski definition) is 4. The highest BCUT2D eigenvalue weighted by Crippen LogP contribution is 2.21. The Balaban J connectivity index is 1.75. The molecule has 2 N–H and O–H groups in total. The molecule has 1 aromatic carbocycles. The summed E-state index contributed by atoms with van der Waals surface area (Å²) in [5.41, 5.74) is 1.47. The summed E-state index contributed by atoms with van der Waals surface area (Å²) in [5, 5.41) is 12.4. The van der Waals surface area contributed by atoms with Crippen molar-refractivity contribution in [3.63, 3.8) is 0 Å².